The lowest BCUT2D eigenvalue weighted by molar-refractivity contribution is 0.362. The molecule has 0 amide bonds. The molecular formula is C18H23NO. The summed E-state index contributed by atoms with van der Waals surface area (Å²) < 4.78 is 5.59. The third kappa shape index (κ3) is 3.13. The standard InChI is InChI=1S/C18H23NO/c1-19(12-5-8-15-6-2-3-7-15)14-17-10-4-9-16-11-13-20-18(16)17/h4-5,8-11,13,15H,2-3,6-7,12,14H2,1H3/b8-5+. The molecule has 0 saturated heterocycles. The molecule has 0 N–H and O–H groups in total. The summed E-state index contributed by atoms with van der Waals surface area (Å²) >= 11 is 0. The first kappa shape index (κ1) is 13.4. The molecule has 20 heavy (non-hydrogen) atoms. The topological polar surface area (TPSA) is 16.4 Å². The number of hydrogen-bond donors (Lipinski definition) is 0. The fourth-order valence-corrected chi connectivity index (χ4v) is 3.12. The molecule has 1 aliphatic carbocycles. The molecule has 1 fully saturated rings. The fourth-order valence-electron chi connectivity index (χ4n) is 3.12. The van der Waals surface area contributed by atoms with Gasteiger partial charge in [0.05, 0.1) is 6.26 Å². The molecular weight excluding hydrogens is 246 g/mol. The maximum atomic E-state index is 5.59. The van der Waals surface area contributed by atoms with E-state index in [0.717, 1.165) is 24.6 Å². The van der Waals surface area contributed by atoms with Crippen LogP contribution in [0.15, 0.2) is 47.1 Å². The zero-order chi connectivity index (χ0) is 13.8. The molecule has 2 nitrogen and oxygen atoms in total. The average molecular weight is 269 g/mol. The molecule has 0 radical (unpaired) electrons. The SMILES string of the molecule is CN(C/C=C/C1CCCC1)Cc1cccc2ccoc12. The molecule has 0 spiro atoms. The fraction of sp³-hybridized carbons (Fsp3) is 0.444. The predicted octanol–water partition coefficient (Wildman–Crippen LogP) is 4.61. The highest BCUT2D eigenvalue weighted by atomic mass is 16.3. The number of likely N-dealkylation sites (N-methyl/N-ethyl adjacent to an activating group) is 1. The van der Waals surface area contributed by atoms with Crippen molar-refractivity contribution in [3.8, 4) is 0 Å². The van der Waals surface area contributed by atoms with Crippen LogP contribution in [0.1, 0.15) is 31.2 Å². The normalized spacial score (nSPS) is 16.9. The van der Waals surface area contributed by atoms with Gasteiger partial charge in [0, 0.05) is 24.0 Å². The molecule has 2 aromatic rings. The minimum Gasteiger partial charge on any atom is -0.464 e. The summed E-state index contributed by atoms with van der Waals surface area (Å²) in [5, 5.41) is 1.19. The van der Waals surface area contributed by atoms with Crippen molar-refractivity contribution in [1.29, 1.82) is 0 Å². The van der Waals surface area contributed by atoms with Gasteiger partial charge in [-0.25, -0.2) is 0 Å². The van der Waals surface area contributed by atoms with Gasteiger partial charge in [-0.2, -0.15) is 0 Å². The summed E-state index contributed by atoms with van der Waals surface area (Å²) in [5.74, 6) is 0.830. The molecule has 0 unspecified atom stereocenters. The molecule has 1 heterocycles. The highest BCUT2D eigenvalue weighted by Crippen LogP contribution is 2.25. The van der Waals surface area contributed by atoms with Gasteiger partial charge in [0.25, 0.3) is 0 Å². The van der Waals surface area contributed by atoms with Crippen LogP contribution in [0.4, 0.5) is 0 Å². The summed E-state index contributed by atoms with van der Waals surface area (Å²) in [5.41, 5.74) is 2.29. The van der Waals surface area contributed by atoms with Crippen LogP contribution in [0.3, 0.4) is 0 Å². The van der Waals surface area contributed by atoms with E-state index in [4.69, 9.17) is 4.42 Å². The van der Waals surface area contributed by atoms with Crippen molar-refractivity contribution in [2.24, 2.45) is 5.92 Å². The lowest BCUT2D eigenvalue weighted by atomic mass is 10.1. The number of furan rings is 1. The number of rotatable bonds is 5. The Morgan fingerprint density at radius 2 is 2.10 bits per heavy atom. The first-order valence-electron chi connectivity index (χ1n) is 7.63. The summed E-state index contributed by atoms with van der Waals surface area (Å²) in [6.07, 6.45) is 12.1. The Balaban J connectivity index is 1.58. The molecule has 2 heteroatoms. The van der Waals surface area contributed by atoms with Crippen LogP contribution in [0.5, 0.6) is 0 Å². The van der Waals surface area contributed by atoms with Gasteiger partial charge in [-0.15, -0.1) is 0 Å². The van der Waals surface area contributed by atoms with Crippen LogP contribution in [0.2, 0.25) is 0 Å². The van der Waals surface area contributed by atoms with E-state index in [9.17, 15) is 0 Å². The Morgan fingerprint density at radius 3 is 2.95 bits per heavy atom. The smallest absolute Gasteiger partial charge is 0.138 e. The van der Waals surface area contributed by atoms with E-state index >= 15 is 0 Å². The maximum Gasteiger partial charge on any atom is 0.138 e. The third-order valence-corrected chi connectivity index (χ3v) is 4.23. The summed E-state index contributed by atoms with van der Waals surface area (Å²) in [4.78, 5) is 2.34. The van der Waals surface area contributed by atoms with Gasteiger partial charge in [-0.3, -0.25) is 4.90 Å². The van der Waals surface area contributed by atoms with Gasteiger partial charge >= 0.3 is 0 Å². The lowest BCUT2D eigenvalue weighted by Crippen LogP contribution is -2.17. The van der Waals surface area contributed by atoms with Gasteiger partial charge in [0.1, 0.15) is 5.58 Å². The van der Waals surface area contributed by atoms with Gasteiger partial charge in [0.15, 0.2) is 0 Å². The van der Waals surface area contributed by atoms with Gasteiger partial charge in [0.2, 0.25) is 0 Å². The van der Waals surface area contributed by atoms with Crippen molar-refractivity contribution in [2.45, 2.75) is 32.2 Å². The number of allylic oxidation sites excluding steroid dienone is 1. The molecule has 1 aromatic carbocycles. The number of hydrogen-bond acceptors (Lipinski definition) is 2. The third-order valence-electron chi connectivity index (χ3n) is 4.23. The zero-order valence-corrected chi connectivity index (χ0v) is 12.2. The van der Waals surface area contributed by atoms with E-state index in [1.807, 2.05) is 6.07 Å². The van der Waals surface area contributed by atoms with Crippen molar-refractivity contribution in [3.05, 3.63) is 48.2 Å². The molecule has 0 bridgehead atoms. The Morgan fingerprint density at radius 1 is 1.25 bits per heavy atom. The van der Waals surface area contributed by atoms with E-state index in [0.29, 0.717) is 0 Å². The van der Waals surface area contributed by atoms with Gasteiger partial charge < -0.3 is 4.42 Å². The lowest BCUT2D eigenvalue weighted by Gasteiger charge is -2.15. The van der Waals surface area contributed by atoms with Crippen molar-refractivity contribution >= 4 is 11.0 Å². The van der Waals surface area contributed by atoms with Gasteiger partial charge in [-0.1, -0.05) is 43.2 Å². The molecule has 0 atom stereocenters. The molecule has 3 rings (SSSR count). The van der Waals surface area contributed by atoms with Crippen LogP contribution in [-0.2, 0) is 6.54 Å². The minimum atomic E-state index is 0.830. The first-order valence-corrected chi connectivity index (χ1v) is 7.63. The van der Waals surface area contributed by atoms with E-state index in [1.54, 1.807) is 6.26 Å². The largest absolute Gasteiger partial charge is 0.464 e. The molecule has 1 aliphatic rings. The van der Waals surface area contributed by atoms with Crippen LogP contribution in [-0.4, -0.2) is 18.5 Å². The van der Waals surface area contributed by atoms with Crippen LogP contribution < -0.4 is 0 Å². The Bertz CT molecular complexity index is 578. The summed E-state index contributed by atoms with van der Waals surface area (Å²) in [7, 11) is 2.17. The van der Waals surface area contributed by atoms with Crippen molar-refractivity contribution in [3.63, 3.8) is 0 Å². The van der Waals surface area contributed by atoms with Crippen molar-refractivity contribution in [1.82, 2.24) is 4.90 Å². The zero-order valence-electron chi connectivity index (χ0n) is 12.2. The Kier molecular flexibility index (Phi) is 4.22. The van der Waals surface area contributed by atoms with E-state index < -0.39 is 0 Å². The highest BCUT2D eigenvalue weighted by molar-refractivity contribution is 5.80. The van der Waals surface area contributed by atoms with E-state index in [-0.39, 0.29) is 0 Å². The number of nitrogens with zero attached hydrogens (tertiary/aromatic N) is 1. The van der Waals surface area contributed by atoms with E-state index in [2.05, 4.69) is 42.3 Å². The second kappa shape index (κ2) is 6.27. The monoisotopic (exact) mass is 269 g/mol. The second-order valence-electron chi connectivity index (χ2n) is 5.93. The molecule has 1 aromatic heterocycles. The van der Waals surface area contributed by atoms with Crippen LogP contribution >= 0.6 is 0 Å². The maximum absolute atomic E-state index is 5.59. The summed E-state index contributed by atoms with van der Waals surface area (Å²) in [6, 6.07) is 8.39. The van der Waals surface area contributed by atoms with Gasteiger partial charge in [-0.05, 0) is 31.9 Å². The Labute approximate surface area is 121 Å². The second-order valence-corrected chi connectivity index (χ2v) is 5.93. The molecule has 106 valence electrons. The Hall–Kier alpha value is -1.54. The predicted molar refractivity (Wildman–Crippen MR) is 83.6 cm³/mol. The summed E-state index contributed by atoms with van der Waals surface area (Å²) in [6.45, 7) is 1.94. The molecule has 1 saturated carbocycles. The first-order chi connectivity index (χ1) is 9.83. The van der Waals surface area contributed by atoms with Crippen molar-refractivity contribution < 1.29 is 4.42 Å². The van der Waals surface area contributed by atoms with Crippen molar-refractivity contribution in [2.75, 3.05) is 13.6 Å². The molecule has 0 aliphatic heterocycles. The van der Waals surface area contributed by atoms with E-state index in [1.165, 1.54) is 36.6 Å². The average Bonchev–Trinajstić information content (AvgIpc) is 3.09. The minimum absolute atomic E-state index is 0.830. The number of para-hydroxylation sites is 1. The number of fused-ring (bicyclic) bond motifs is 1. The quantitative estimate of drug-likeness (QED) is 0.737. The van der Waals surface area contributed by atoms with Crippen LogP contribution in [0.25, 0.3) is 11.0 Å². The highest BCUT2D eigenvalue weighted by Gasteiger charge is 2.11. The van der Waals surface area contributed by atoms with Crippen LogP contribution in [0, 0.1) is 5.92 Å². The number of benzene rings is 1.